The van der Waals surface area contributed by atoms with Gasteiger partial charge in [-0.15, -0.1) is 6.58 Å². The zero-order valence-electron chi connectivity index (χ0n) is 39.8. The van der Waals surface area contributed by atoms with Gasteiger partial charge in [0.15, 0.2) is 0 Å². The van der Waals surface area contributed by atoms with Crippen LogP contribution in [0.5, 0.6) is 11.5 Å². The number of amides is 1. The van der Waals surface area contributed by atoms with Gasteiger partial charge in [-0.2, -0.15) is 0 Å². The third-order valence-electron chi connectivity index (χ3n) is 13.2. The third-order valence-corrected chi connectivity index (χ3v) is 13.2. The maximum Gasteiger partial charge on any atom is 0.410 e. The molecular formula is C54H66N4O11. The van der Waals surface area contributed by atoms with Crippen molar-refractivity contribution in [1.82, 2.24) is 9.88 Å². The number of non-ortho nitro benzene ring substituents is 1. The van der Waals surface area contributed by atoms with Gasteiger partial charge >= 0.3 is 6.09 Å². The number of allylic oxidation sites excluding steroid dienone is 1. The summed E-state index contributed by atoms with van der Waals surface area (Å²) < 4.78 is 32.8. The number of carbonyl (C=O) groups excluding carboxylic acids is 1. The number of aliphatic hydroxyl groups is 2. The Morgan fingerprint density at radius 2 is 1.72 bits per heavy atom. The molecule has 368 valence electrons. The molecule has 6 atom stereocenters. The maximum absolute atomic E-state index is 14.6. The smallest absolute Gasteiger partial charge is 0.410 e. The van der Waals surface area contributed by atoms with Gasteiger partial charge in [0.2, 0.25) is 5.79 Å². The van der Waals surface area contributed by atoms with Crippen molar-refractivity contribution in [1.29, 1.82) is 0 Å². The number of hydrogen-bond acceptors (Lipinski definition) is 13. The van der Waals surface area contributed by atoms with Crippen LogP contribution in [0.2, 0.25) is 0 Å². The second-order valence-electron chi connectivity index (χ2n) is 17.9. The number of aromatic nitrogens is 1. The Labute approximate surface area is 404 Å². The number of pyridine rings is 1. The zero-order chi connectivity index (χ0) is 48.6. The molecule has 1 aliphatic heterocycles. The van der Waals surface area contributed by atoms with E-state index in [9.17, 15) is 25.1 Å². The number of hydrogen-bond donors (Lipinski definition) is 2. The van der Waals surface area contributed by atoms with Gasteiger partial charge in [-0.3, -0.25) is 20.0 Å². The average Bonchev–Trinajstić information content (AvgIpc) is 3.36. The Morgan fingerprint density at radius 3 is 2.45 bits per heavy atom. The fraction of sp³-hybridized carbons (Fsp3) is 0.463. The lowest BCUT2D eigenvalue weighted by Gasteiger charge is -2.59. The standard InChI is InChI=1S/C54H66N4O11/c1-4-26-57(53(61)65-31-30-64-35-39-15-7-6-8-16-39)50-34-48(56-68-36-40-20-22-43(23-21-40)58(62)63)46-32-41(17-9-11-27-59)45(19-10-12-28-60)51-47-33-44(66-37-42-18-13-14-38(3)55-42)24-25-49(47)69-54(50,52(46)51)67-29-5-2/h5-8,13-16,18,20-25,32-33,41,45,50-52,59-60H,2,4,9-12,17,19,26-31,34-37H2,1,3H3/t41-,45+,50-,51+,52+,54+/m0/s1. The van der Waals surface area contributed by atoms with Crippen LogP contribution in [0.3, 0.4) is 0 Å². The number of oxime groups is 1. The summed E-state index contributed by atoms with van der Waals surface area (Å²) in [5, 5.41) is 36.3. The van der Waals surface area contributed by atoms with E-state index in [0.717, 1.165) is 53.8 Å². The van der Waals surface area contributed by atoms with Gasteiger partial charge in [0, 0.05) is 55.5 Å². The molecule has 15 heteroatoms. The summed E-state index contributed by atoms with van der Waals surface area (Å²) in [6.45, 7) is 9.40. The average molecular weight is 947 g/mol. The van der Waals surface area contributed by atoms with E-state index in [2.05, 4.69) is 23.7 Å². The second kappa shape index (κ2) is 24.9. The molecule has 69 heavy (non-hydrogen) atoms. The Bertz CT molecular complexity index is 2380. The normalized spacial score (nSPS) is 21.8. The predicted octanol–water partition coefficient (Wildman–Crippen LogP) is 9.78. The summed E-state index contributed by atoms with van der Waals surface area (Å²) in [7, 11) is 0. The van der Waals surface area contributed by atoms with Gasteiger partial charge in [0.05, 0.1) is 42.1 Å². The SMILES string of the molecule is C=CCO[C@@]12Oc3ccc(OCc4cccc(C)n4)cc3[C@H]3[C@H](CCCCO)[C@@H](CCCCO)C=C(C(=NOCc4ccc([N+](=O)[O-])cc4)C[C@@H]1N(CCC)C(=O)OCCOCc1ccccc1)[C@H]32. The minimum absolute atomic E-state index is 0.00130. The molecule has 2 aliphatic carbocycles. The highest BCUT2D eigenvalue weighted by molar-refractivity contribution is 6.03. The minimum Gasteiger partial charge on any atom is -0.487 e. The molecule has 0 spiro atoms. The molecule has 3 aliphatic rings. The number of aliphatic hydroxyl groups excluding tert-OH is 2. The number of nitro groups is 1. The van der Waals surface area contributed by atoms with E-state index in [-0.39, 0.29) is 76.1 Å². The summed E-state index contributed by atoms with van der Waals surface area (Å²) in [5.74, 6) is -1.05. The third kappa shape index (κ3) is 12.6. The summed E-state index contributed by atoms with van der Waals surface area (Å²) in [6, 6.07) is 26.9. The molecule has 15 nitrogen and oxygen atoms in total. The van der Waals surface area contributed by atoms with Crippen molar-refractivity contribution in [3.63, 3.8) is 0 Å². The molecule has 1 saturated carbocycles. The Balaban J connectivity index is 1.34. The van der Waals surface area contributed by atoms with Gasteiger partial charge in [-0.1, -0.05) is 73.5 Å². The lowest BCUT2D eigenvalue weighted by molar-refractivity contribution is -0.384. The number of nitrogens with zero attached hydrogens (tertiary/aromatic N) is 4. The Morgan fingerprint density at radius 1 is 0.957 bits per heavy atom. The first-order valence-corrected chi connectivity index (χ1v) is 24.2. The monoisotopic (exact) mass is 946 g/mol. The molecule has 2 N–H and O–H groups in total. The van der Waals surface area contributed by atoms with Gasteiger partial charge in [-0.25, -0.2) is 4.79 Å². The number of unbranched alkanes of at least 4 members (excludes halogenated alkanes) is 2. The van der Waals surface area contributed by atoms with Crippen molar-refractivity contribution in [3.05, 3.63) is 153 Å². The van der Waals surface area contributed by atoms with E-state index < -0.39 is 28.8 Å². The molecule has 1 fully saturated rings. The molecule has 1 amide bonds. The van der Waals surface area contributed by atoms with E-state index in [4.69, 9.17) is 33.7 Å². The summed E-state index contributed by atoms with van der Waals surface area (Å²) in [5.41, 5.74) is 5.77. The van der Waals surface area contributed by atoms with Crippen LogP contribution in [0, 0.1) is 34.8 Å². The van der Waals surface area contributed by atoms with E-state index in [1.807, 2.05) is 74.5 Å². The van der Waals surface area contributed by atoms with Crippen LogP contribution in [0.1, 0.15) is 92.3 Å². The summed E-state index contributed by atoms with van der Waals surface area (Å²) in [4.78, 5) is 38.1. The molecule has 0 saturated heterocycles. The predicted molar refractivity (Wildman–Crippen MR) is 261 cm³/mol. The zero-order valence-corrected chi connectivity index (χ0v) is 39.8. The van der Waals surface area contributed by atoms with Crippen LogP contribution in [0.25, 0.3) is 0 Å². The molecule has 2 heterocycles. The quantitative estimate of drug-likeness (QED) is 0.0263. The van der Waals surface area contributed by atoms with Crippen LogP contribution in [-0.2, 0) is 38.9 Å². The van der Waals surface area contributed by atoms with Crippen LogP contribution in [0.15, 0.2) is 120 Å². The van der Waals surface area contributed by atoms with E-state index in [1.54, 1.807) is 23.1 Å². The molecule has 0 unspecified atom stereocenters. The fourth-order valence-electron chi connectivity index (χ4n) is 10.1. The lowest BCUT2D eigenvalue weighted by Crippen LogP contribution is -2.70. The van der Waals surface area contributed by atoms with Gasteiger partial charge in [0.25, 0.3) is 5.69 Å². The second-order valence-corrected chi connectivity index (χ2v) is 17.9. The van der Waals surface area contributed by atoms with Crippen molar-refractivity contribution in [2.75, 3.05) is 39.6 Å². The molecule has 3 aromatic carbocycles. The first kappa shape index (κ1) is 50.7. The minimum atomic E-state index is -1.48. The topological polar surface area (TPSA) is 185 Å². The van der Waals surface area contributed by atoms with E-state index in [1.165, 1.54) is 12.1 Å². The molecule has 4 aromatic rings. The Kier molecular flexibility index (Phi) is 18.3. The van der Waals surface area contributed by atoms with Gasteiger partial charge in [-0.05, 0) is 110 Å². The van der Waals surface area contributed by atoms with Crippen LogP contribution < -0.4 is 9.47 Å². The molecule has 1 aromatic heterocycles. The summed E-state index contributed by atoms with van der Waals surface area (Å²) in [6.07, 6.45) is 8.53. The highest BCUT2D eigenvalue weighted by atomic mass is 16.7. The number of fused-ring (bicyclic) bond motifs is 2. The van der Waals surface area contributed by atoms with Crippen LogP contribution in [-0.4, -0.2) is 88.2 Å². The summed E-state index contributed by atoms with van der Waals surface area (Å²) >= 11 is 0. The highest BCUT2D eigenvalue weighted by Crippen LogP contribution is 2.62. The highest BCUT2D eigenvalue weighted by Gasteiger charge is 2.65. The number of nitro benzene ring substituents is 1. The van der Waals surface area contributed by atoms with Gasteiger partial charge < -0.3 is 38.7 Å². The number of carbonyl (C=O) groups is 1. The molecule has 0 bridgehead atoms. The largest absolute Gasteiger partial charge is 0.487 e. The van der Waals surface area contributed by atoms with Crippen LogP contribution in [0.4, 0.5) is 10.5 Å². The molecular weight excluding hydrogens is 881 g/mol. The van der Waals surface area contributed by atoms with Crippen molar-refractivity contribution in [2.45, 2.75) is 103 Å². The molecule has 7 rings (SSSR count). The van der Waals surface area contributed by atoms with E-state index >= 15 is 0 Å². The number of benzene rings is 3. The lowest BCUT2D eigenvalue weighted by atomic mass is 9.55. The number of aryl methyl sites for hydroxylation is 1. The number of ether oxygens (including phenoxy) is 5. The maximum atomic E-state index is 14.6. The first-order valence-electron chi connectivity index (χ1n) is 24.2. The van der Waals surface area contributed by atoms with Crippen molar-refractivity contribution in [3.8, 4) is 11.5 Å². The Hall–Kier alpha value is -6.13. The van der Waals surface area contributed by atoms with Crippen LogP contribution >= 0.6 is 0 Å². The van der Waals surface area contributed by atoms with Crippen molar-refractivity contribution in [2.24, 2.45) is 22.9 Å². The molecule has 0 radical (unpaired) electrons. The first-order chi connectivity index (χ1) is 33.7. The van der Waals surface area contributed by atoms with Gasteiger partial charge in [0.1, 0.15) is 37.4 Å². The van der Waals surface area contributed by atoms with Crippen molar-refractivity contribution < 1.29 is 48.5 Å². The van der Waals surface area contributed by atoms with E-state index in [0.29, 0.717) is 55.2 Å². The fourth-order valence-corrected chi connectivity index (χ4v) is 10.1. The number of rotatable bonds is 26. The van der Waals surface area contributed by atoms with Crippen molar-refractivity contribution >= 4 is 17.5 Å².